The number of benzene rings is 1. The molecule has 1 fully saturated rings. The summed E-state index contributed by atoms with van der Waals surface area (Å²) < 4.78 is 29.5. The SMILES string of the molecule is CN=C(NCCCOC1CCOC1)NCCc1coc(-c2ccc(F)cc2)n1.I. The Hall–Kier alpha value is -1.72. The van der Waals surface area contributed by atoms with Crippen LogP contribution in [0.15, 0.2) is 39.9 Å². The van der Waals surface area contributed by atoms with Crippen molar-refractivity contribution in [2.24, 2.45) is 4.99 Å². The zero-order valence-electron chi connectivity index (χ0n) is 16.5. The summed E-state index contributed by atoms with van der Waals surface area (Å²) in [6, 6.07) is 6.09. The Kier molecular flexibility index (Phi) is 10.4. The quantitative estimate of drug-likeness (QED) is 0.230. The fraction of sp³-hybridized carbons (Fsp3) is 0.500. The molecule has 1 aliphatic rings. The summed E-state index contributed by atoms with van der Waals surface area (Å²) in [6.07, 6.45) is 4.46. The third-order valence-electron chi connectivity index (χ3n) is 4.40. The van der Waals surface area contributed by atoms with Crippen LogP contribution >= 0.6 is 24.0 Å². The smallest absolute Gasteiger partial charge is 0.226 e. The average molecular weight is 518 g/mol. The van der Waals surface area contributed by atoms with Crippen molar-refractivity contribution in [3.8, 4) is 11.5 Å². The Labute approximate surface area is 187 Å². The van der Waals surface area contributed by atoms with Crippen molar-refractivity contribution in [2.45, 2.75) is 25.4 Å². The number of rotatable bonds is 9. The number of ether oxygens (including phenoxy) is 2. The highest BCUT2D eigenvalue weighted by molar-refractivity contribution is 14.0. The lowest BCUT2D eigenvalue weighted by Gasteiger charge is -2.12. The summed E-state index contributed by atoms with van der Waals surface area (Å²) in [5.41, 5.74) is 1.58. The molecule has 1 atom stereocenters. The summed E-state index contributed by atoms with van der Waals surface area (Å²) in [4.78, 5) is 8.65. The van der Waals surface area contributed by atoms with Gasteiger partial charge in [0.25, 0.3) is 0 Å². The summed E-state index contributed by atoms with van der Waals surface area (Å²) >= 11 is 0. The third kappa shape index (κ3) is 7.90. The van der Waals surface area contributed by atoms with E-state index in [4.69, 9.17) is 13.9 Å². The van der Waals surface area contributed by atoms with Gasteiger partial charge in [-0.3, -0.25) is 4.99 Å². The van der Waals surface area contributed by atoms with Gasteiger partial charge < -0.3 is 24.5 Å². The molecular weight excluding hydrogens is 490 g/mol. The molecule has 2 heterocycles. The van der Waals surface area contributed by atoms with E-state index in [0.29, 0.717) is 32.1 Å². The Morgan fingerprint density at radius 3 is 2.79 bits per heavy atom. The van der Waals surface area contributed by atoms with Crippen molar-refractivity contribution in [2.75, 3.05) is 40.0 Å². The van der Waals surface area contributed by atoms with Gasteiger partial charge in [0.05, 0.1) is 18.4 Å². The fourth-order valence-electron chi connectivity index (χ4n) is 2.85. The summed E-state index contributed by atoms with van der Waals surface area (Å²) in [6.45, 7) is 3.68. The molecule has 0 aliphatic carbocycles. The molecule has 1 unspecified atom stereocenters. The van der Waals surface area contributed by atoms with Crippen molar-refractivity contribution in [3.05, 3.63) is 42.0 Å². The lowest BCUT2D eigenvalue weighted by atomic mass is 10.2. The maximum absolute atomic E-state index is 13.0. The Bertz CT molecular complexity index is 748. The molecule has 0 bridgehead atoms. The molecule has 1 aromatic carbocycles. The van der Waals surface area contributed by atoms with E-state index in [-0.39, 0.29) is 35.9 Å². The molecular formula is C20H28FIN4O3. The van der Waals surface area contributed by atoms with Gasteiger partial charge in [0.2, 0.25) is 5.89 Å². The standard InChI is InChI=1S/C20H27FN4O3.HI/c1-22-20(23-9-2-11-27-18-8-12-26-14-18)24-10-7-17-13-28-19(25-17)15-3-5-16(21)6-4-15;/h3-6,13,18H,2,7-12,14H2,1H3,(H2,22,23,24);1H. The predicted molar refractivity (Wildman–Crippen MR) is 120 cm³/mol. The minimum Gasteiger partial charge on any atom is -0.444 e. The second-order valence-electron chi connectivity index (χ2n) is 6.54. The summed E-state index contributed by atoms with van der Waals surface area (Å²) in [7, 11) is 1.74. The normalized spacial score (nSPS) is 16.5. The van der Waals surface area contributed by atoms with Gasteiger partial charge in [-0.05, 0) is 37.1 Å². The van der Waals surface area contributed by atoms with Crippen LogP contribution in [0.3, 0.4) is 0 Å². The molecule has 2 N–H and O–H groups in total. The predicted octanol–water partition coefficient (Wildman–Crippen LogP) is 3.00. The maximum atomic E-state index is 13.0. The van der Waals surface area contributed by atoms with E-state index in [2.05, 4.69) is 20.6 Å². The zero-order chi connectivity index (χ0) is 19.6. The molecule has 29 heavy (non-hydrogen) atoms. The van der Waals surface area contributed by atoms with Crippen molar-refractivity contribution < 1.29 is 18.3 Å². The Balaban J connectivity index is 0.00000300. The van der Waals surface area contributed by atoms with E-state index in [0.717, 1.165) is 43.2 Å². The number of hydrogen-bond acceptors (Lipinski definition) is 5. The van der Waals surface area contributed by atoms with Crippen LogP contribution in [0.25, 0.3) is 11.5 Å². The number of halogens is 2. The van der Waals surface area contributed by atoms with Crippen LogP contribution in [0.1, 0.15) is 18.5 Å². The van der Waals surface area contributed by atoms with Crippen molar-refractivity contribution in [3.63, 3.8) is 0 Å². The largest absolute Gasteiger partial charge is 0.444 e. The molecule has 2 aromatic rings. The van der Waals surface area contributed by atoms with Gasteiger partial charge in [-0.15, -0.1) is 24.0 Å². The number of aliphatic imine (C=N–C) groups is 1. The molecule has 9 heteroatoms. The Morgan fingerprint density at radius 1 is 1.28 bits per heavy atom. The third-order valence-corrected chi connectivity index (χ3v) is 4.40. The number of hydrogen-bond donors (Lipinski definition) is 2. The highest BCUT2D eigenvalue weighted by Gasteiger charge is 2.15. The second kappa shape index (κ2) is 12.8. The van der Waals surface area contributed by atoms with Crippen LogP contribution in [-0.4, -0.2) is 57.0 Å². The Morgan fingerprint density at radius 2 is 2.07 bits per heavy atom. The molecule has 0 radical (unpaired) electrons. The lowest BCUT2D eigenvalue weighted by Crippen LogP contribution is -2.39. The van der Waals surface area contributed by atoms with Gasteiger partial charge in [0.15, 0.2) is 5.96 Å². The zero-order valence-corrected chi connectivity index (χ0v) is 18.9. The first-order valence-corrected chi connectivity index (χ1v) is 9.59. The minimum absolute atomic E-state index is 0. The topological polar surface area (TPSA) is 80.9 Å². The van der Waals surface area contributed by atoms with Gasteiger partial charge in [-0.2, -0.15) is 0 Å². The van der Waals surface area contributed by atoms with Crippen LogP contribution in [0.5, 0.6) is 0 Å². The molecule has 1 aliphatic heterocycles. The number of oxazole rings is 1. The minimum atomic E-state index is -0.280. The monoisotopic (exact) mass is 518 g/mol. The number of aromatic nitrogens is 1. The molecule has 1 saturated heterocycles. The van der Waals surface area contributed by atoms with E-state index in [9.17, 15) is 4.39 Å². The van der Waals surface area contributed by atoms with E-state index in [1.54, 1.807) is 25.4 Å². The average Bonchev–Trinajstić information content (AvgIpc) is 3.39. The molecule has 0 spiro atoms. The first kappa shape index (κ1) is 23.6. The van der Waals surface area contributed by atoms with Crippen LogP contribution < -0.4 is 10.6 Å². The van der Waals surface area contributed by atoms with Gasteiger partial charge in [-0.1, -0.05) is 0 Å². The van der Waals surface area contributed by atoms with E-state index in [1.165, 1.54) is 12.1 Å². The van der Waals surface area contributed by atoms with E-state index in [1.807, 2.05) is 0 Å². The summed E-state index contributed by atoms with van der Waals surface area (Å²) in [5.74, 6) is 0.953. The molecule has 1 aromatic heterocycles. The number of nitrogens with one attached hydrogen (secondary N) is 2. The van der Waals surface area contributed by atoms with E-state index < -0.39 is 0 Å². The summed E-state index contributed by atoms with van der Waals surface area (Å²) in [5, 5.41) is 6.52. The molecule has 3 rings (SSSR count). The highest BCUT2D eigenvalue weighted by atomic mass is 127. The van der Waals surface area contributed by atoms with Gasteiger partial charge in [0.1, 0.15) is 12.1 Å². The van der Waals surface area contributed by atoms with E-state index >= 15 is 0 Å². The highest BCUT2D eigenvalue weighted by Crippen LogP contribution is 2.18. The molecule has 7 nitrogen and oxygen atoms in total. The van der Waals surface area contributed by atoms with Crippen molar-refractivity contribution >= 4 is 29.9 Å². The van der Waals surface area contributed by atoms with Crippen LogP contribution in [0.2, 0.25) is 0 Å². The van der Waals surface area contributed by atoms with Crippen LogP contribution in [0.4, 0.5) is 4.39 Å². The van der Waals surface area contributed by atoms with Crippen LogP contribution in [-0.2, 0) is 15.9 Å². The van der Waals surface area contributed by atoms with Crippen molar-refractivity contribution in [1.29, 1.82) is 0 Å². The number of guanidine groups is 1. The van der Waals surface area contributed by atoms with Gasteiger partial charge >= 0.3 is 0 Å². The second-order valence-corrected chi connectivity index (χ2v) is 6.54. The first-order chi connectivity index (χ1) is 13.7. The van der Waals surface area contributed by atoms with Crippen LogP contribution in [0, 0.1) is 5.82 Å². The molecule has 0 amide bonds. The van der Waals surface area contributed by atoms with Gasteiger partial charge in [0, 0.05) is 45.3 Å². The van der Waals surface area contributed by atoms with Crippen molar-refractivity contribution in [1.82, 2.24) is 15.6 Å². The van der Waals surface area contributed by atoms with Gasteiger partial charge in [-0.25, -0.2) is 9.37 Å². The molecule has 160 valence electrons. The molecule has 0 saturated carbocycles. The first-order valence-electron chi connectivity index (χ1n) is 9.59. The number of nitrogens with zero attached hydrogens (tertiary/aromatic N) is 2. The maximum Gasteiger partial charge on any atom is 0.226 e. The fourth-order valence-corrected chi connectivity index (χ4v) is 2.85. The lowest BCUT2D eigenvalue weighted by molar-refractivity contribution is 0.0420.